The van der Waals surface area contributed by atoms with E-state index in [1.807, 2.05) is 41.1 Å². The number of rotatable bonds is 9. The lowest BCUT2D eigenvalue weighted by molar-refractivity contribution is 0.0600. The number of methoxy groups -OCH3 is 1. The zero-order valence-corrected chi connectivity index (χ0v) is 22.3. The molecule has 200 valence electrons. The molecule has 3 aromatic carbocycles. The highest BCUT2D eigenvalue weighted by molar-refractivity contribution is 7.90. The molecular weight excluding hydrogens is 516 g/mol. The van der Waals surface area contributed by atoms with Crippen LogP contribution in [-0.4, -0.2) is 36.8 Å². The molecule has 0 N–H and O–H groups in total. The number of nitrogens with zero attached hydrogens (tertiary/aromatic N) is 2. The van der Waals surface area contributed by atoms with Crippen LogP contribution >= 0.6 is 0 Å². The van der Waals surface area contributed by atoms with Gasteiger partial charge in [-0.25, -0.2) is 18.2 Å². The number of benzene rings is 3. The molecule has 1 heterocycles. The molecule has 1 aliphatic rings. The van der Waals surface area contributed by atoms with Crippen LogP contribution in [0.5, 0.6) is 5.75 Å². The van der Waals surface area contributed by atoms with Crippen LogP contribution in [0.25, 0.3) is 0 Å². The van der Waals surface area contributed by atoms with Crippen LogP contribution in [0.15, 0.2) is 90.3 Å². The lowest BCUT2D eigenvalue weighted by atomic mass is 9.87. The van der Waals surface area contributed by atoms with Gasteiger partial charge in [-0.1, -0.05) is 30.3 Å². The largest absolute Gasteiger partial charge is 0.484 e. The average Bonchev–Trinajstić information content (AvgIpc) is 3.47. The van der Waals surface area contributed by atoms with Gasteiger partial charge in [0.15, 0.2) is 15.6 Å². The molecule has 0 spiro atoms. The molecule has 4 aromatic rings. The van der Waals surface area contributed by atoms with E-state index in [1.54, 1.807) is 24.7 Å². The molecule has 1 unspecified atom stereocenters. The van der Waals surface area contributed by atoms with E-state index in [-0.39, 0.29) is 22.0 Å². The first-order chi connectivity index (χ1) is 18.9. The summed E-state index contributed by atoms with van der Waals surface area (Å²) in [5.41, 5.74) is 2.93. The Labute approximate surface area is 227 Å². The molecule has 39 heavy (non-hydrogen) atoms. The van der Waals surface area contributed by atoms with E-state index in [0.717, 1.165) is 5.56 Å². The minimum Gasteiger partial charge on any atom is -0.484 e. The molecule has 1 aromatic heterocycles. The van der Waals surface area contributed by atoms with Crippen molar-refractivity contribution < 1.29 is 27.5 Å². The Morgan fingerprint density at radius 1 is 1.03 bits per heavy atom. The van der Waals surface area contributed by atoms with Gasteiger partial charge < -0.3 is 14.0 Å². The zero-order valence-electron chi connectivity index (χ0n) is 21.4. The third kappa shape index (κ3) is 5.78. The van der Waals surface area contributed by atoms with Crippen molar-refractivity contribution in [1.29, 1.82) is 0 Å². The molecule has 0 fully saturated rings. The number of sulfone groups is 1. The zero-order chi connectivity index (χ0) is 27.4. The van der Waals surface area contributed by atoms with E-state index in [0.29, 0.717) is 48.2 Å². The van der Waals surface area contributed by atoms with Gasteiger partial charge in [-0.15, -0.1) is 0 Å². The summed E-state index contributed by atoms with van der Waals surface area (Å²) < 4.78 is 40.4. The van der Waals surface area contributed by atoms with Gasteiger partial charge >= 0.3 is 5.97 Å². The number of ketones is 1. The van der Waals surface area contributed by atoms with Gasteiger partial charge in [-0.3, -0.25) is 4.79 Å². The van der Waals surface area contributed by atoms with Crippen molar-refractivity contribution in [2.45, 2.75) is 42.6 Å². The second-order valence-corrected chi connectivity index (χ2v) is 11.4. The normalized spacial score (nSPS) is 13.9. The van der Waals surface area contributed by atoms with Gasteiger partial charge in [0.05, 0.1) is 36.2 Å². The summed E-state index contributed by atoms with van der Waals surface area (Å²) in [5, 5.41) is 0. The van der Waals surface area contributed by atoms with Crippen molar-refractivity contribution in [2.75, 3.05) is 7.11 Å². The Bertz CT molecular complexity index is 1580. The fraction of sp³-hybridized carbons (Fsp3) is 0.233. The summed E-state index contributed by atoms with van der Waals surface area (Å²) in [6.45, 7) is 0.460. The highest BCUT2D eigenvalue weighted by atomic mass is 32.2. The number of esters is 1. The Hall–Kier alpha value is -4.24. The Morgan fingerprint density at radius 3 is 2.49 bits per heavy atom. The van der Waals surface area contributed by atoms with Crippen LogP contribution in [0.1, 0.15) is 56.4 Å². The van der Waals surface area contributed by atoms with Crippen molar-refractivity contribution in [3.63, 3.8) is 0 Å². The maximum absolute atomic E-state index is 13.6. The molecule has 8 nitrogen and oxygen atoms in total. The number of carbonyl (C=O) groups excluding carboxylic acids is 2. The Kier molecular flexibility index (Phi) is 7.60. The summed E-state index contributed by atoms with van der Waals surface area (Å²) >= 11 is 0. The van der Waals surface area contributed by atoms with Crippen molar-refractivity contribution in [2.24, 2.45) is 0 Å². The van der Waals surface area contributed by atoms with E-state index < -0.39 is 21.9 Å². The average molecular weight is 545 g/mol. The van der Waals surface area contributed by atoms with Crippen molar-refractivity contribution in [1.82, 2.24) is 9.55 Å². The number of fused-ring (bicyclic) bond motifs is 1. The molecule has 9 heteroatoms. The fourth-order valence-corrected chi connectivity index (χ4v) is 6.27. The van der Waals surface area contributed by atoms with Gasteiger partial charge in [-0.05, 0) is 60.4 Å². The maximum atomic E-state index is 13.6. The number of Topliss-reactive ketones (excluding diaryl/α,β-unsaturated/α-hetero) is 1. The monoisotopic (exact) mass is 544 g/mol. The van der Waals surface area contributed by atoms with E-state index in [9.17, 15) is 18.0 Å². The van der Waals surface area contributed by atoms with E-state index in [4.69, 9.17) is 9.47 Å². The molecule has 5 rings (SSSR count). The SMILES string of the molecule is COC(=O)c1ccc(S(=O)(=O)Cc2c(OC(Cn3ccnc3)c3ccccc3)ccc3c2CCCC3=O)cc1. The van der Waals surface area contributed by atoms with Crippen LogP contribution in [0, 0.1) is 0 Å². The summed E-state index contributed by atoms with van der Waals surface area (Å²) in [4.78, 5) is 28.7. The highest BCUT2D eigenvalue weighted by Gasteiger charge is 2.28. The Balaban J connectivity index is 1.54. The third-order valence-electron chi connectivity index (χ3n) is 6.86. The molecule has 0 radical (unpaired) electrons. The maximum Gasteiger partial charge on any atom is 0.337 e. The van der Waals surface area contributed by atoms with E-state index >= 15 is 0 Å². The number of aromatic nitrogens is 2. The molecule has 1 aliphatic carbocycles. The number of hydrogen-bond donors (Lipinski definition) is 0. The van der Waals surface area contributed by atoms with Crippen LogP contribution in [0.3, 0.4) is 0 Å². The second kappa shape index (κ2) is 11.2. The van der Waals surface area contributed by atoms with Gasteiger partial charge in [0.1, 0.15) is 11.9 Å². The molecule has 0 aliphatic heterocycles. The van der Waals surface area contributed by atoms with Crippen LogP contribution in [0.2, 0.25) is 0 Å². The van der Waals surface area contributed by atoms with Crippen LogP contribution in [-0.2, 0) is 33.3 Å². The molecule has 0 saturated carbocycles. The van der Waals surface area contributed by atoms with Gasteiger partial charge in [0.2, 0.25) is 0 Å². The van der Waals surface area contributed by atoms with Crippen molar-refractivity contribution in [3.05, 3.63) is 113 Å². The first kappa shape index (κ1) is 26.4. The predicted molar refractivity (Wildman–Crippen MR) is 144 cm³/mol. The molecule has 0 saturated heterocycles. The molecular formula is C30H28N2O6S. The summed E-state index contributed by atoms with van der Waals surface area (Å²) in [7, 11) is -2.58. The third-order valence-corrected chi connectivity index (χ3v) is 8.52. The molecule has 0 amide bonds. The number of carbonyl (C=O) groups is 2. The predicted octanol–water partition coefficient (Wildman–Crippen LogP) is 4.98. The summed E-state index contributed by atoms with van der Waals surface area (Å²) in [6, 6.07) is 18.8. The van der Waals surface area contributed by atoms with Gasteiger partial charge in [0, 0.05) is 29.9 Å². The van der Waals surface area contributed by atoms with Crippen LogP contribution < -0.4 is 4.74 Å². The summed E-state index contributed by atoms with van der Waals surface area (Å²) in [5.74, 6) is -0.465. The topological polar surface area (TPSA) is 105 Å². The van der Waals surface area contributed by atoms with E-state index in [1.165, 1.54) is 31.4 Å². The minimum atomic E-state index is -3.84. The number of imidazole rings is 1. The van der Waals surface area contributed by atoms with Gasteiger partial charge in [-0.2, -0.15) is 0 Å². The second-order valence-electron chi connectivity index (χ2n) is 9.40. The van der Waals surface area contributed by atoms with Gasteiger partial charge in [0.25, 0.3) is 0 Å². The lowest BCUT2D eigenvalue weighted by Gasteiger charge is -2.25. The van der Waals surface area contributed by atoms with Crippen molar-refractivity contribution >= 4 is 21.6 Å². The summed E-state index contributed by atoms with van der Waals surface area (Å²) in [6.07, 6.45) is 6.47. The smallest absolute Gasteiger partial charge is 0.337 e. The molecule has 0 bridgehead atoms. The Morgan fingerprint density at radius 2 is 1.79 bits per heavy atom. The molecule has 1 atom stereocenters. The lowest BCUT2D eigenvalue weighted by Crippen LogP contribution is -2.19. The first-order valence-electron chi connectivity index (χ1n) is 12.6. The van der Waals surface area contributed by atoms with E-state index in [2.05, 4.69) is 4.98 Å². The quantitative estimate of drug-likeness (QED) is 0.274. The van der Waals surface area contributed by atoms with Crippen molar-refractivity contribution in [3.8, 4) is 5.75 Å². The minimum absolute atomic E-state index is 0.00176. The standard InChI is InChI=1S/C30H28N2O6S/c1-37-30(34)22-10-12-23(13-11-22)39(35,36)19-26-24-8-5-9-27(33)25(24)14-15-28(26)38-29(18-32-17-16-31-20-32)21-6-3-2-4-7-21/h2-4,6-7,10-17,20,29H,5,8-9,18-19H2,1H3. The highest BCUT2D eigenvalue weighted by Crippen LogP contribution is 2.36. The number of ether oxygens (including phenoxy) is 2. The number of hydrogen-bond acceptors (Lipinski definition) is 7. The van der Waals surface area contributed by atoms with Crippen LogP contribution in [0.4, 0.5) is 0 Å². The fourth-order valence-electron chi connectivity index (χ4n) is 4.85. The first-order valence-corrected chi connectivity index (χ1v) is 14.3.